The van der Waals surface area contributed by atoms with E-state index in [9.17, 15) is 0 Å². The molecule has 0 bridgehead atoms. The van der Waals surface area contributed by atoms with Gasteiger partial charge in [-0.05, 0) is 28.2 Å². The van der Waals surface area contributed by atoms with Gasteiger partial charge >= 0.3 is 0 Å². The van der Waals surface area contributed by atoms with Gasteiger partial charge < -0.3 is 5.11 Å². The Hall–Kier alpha value is -0.950. The Morgan fingerprint density at radius 2 is 2.00 bits per heavy atom. The van der Waals surface area contributed by atoms with E-state index in [0.29, 0.717) is 12.2 Å². The highest BCUT2D eigenvalue weighted by Gasteiger charge is 2.08. The standard InChI is InChI=1S/C10H10IN3O/c11-10-9(7-15)12-13-14(10)6-8-4-2-1-3-5-8/h1-5,15H,6-7H2. The van der Waals surface area contributed by atoms with Crippen molar-refractivity contribution in [2.45, 2.75) is 13.2 Å². The smallest absolute Gasteiger partial charge is 0.125 e. The predicted octanol–water partition coefficient (Wildman–Crippen LogP) is 1.42. The summed E-state index contributed by atoms with van der Waals surface area (Å²) in [6.07, 6.45) is 0. The number of rotatable bonds is 3. The minimum absolute atomic E-state index is 0.0624. The molecule has 2 aromatic rings. The lowest BCUT2D eigenvalue weighted by Gasteiger charge is -2.01. The fraction of sp³-hybridized carbons (Fsp3) is 0.200. The number of aromatic nitrogens is 3. The Bertz CT molecular complexity index is 441. The quantitative estimate of drug-likeness (QED) is 0.872. The molecule has 15 heavy (non-hydrogen) atoms. The summed E-state index contributed by atoms with van der Waals surface area (Å²) in [6, 6.07) is 10.0. The van der Waals surface area contributed by atoms with Crippen molar-refractivity contribution in [1.29, 1.82) is 0 Å². The molecule has 2 rings (SSSR count). The average Bonchev–Trinajstić information content (AvgIpc) is 2.62. The van der Waals surface area contributed by atoms with Gasteiger partial charge in [0.1, 0.15) is 9.39 Å². The lowest BCUT2D eigenvalue weighted by molar-refractivity contribution is 0.275. The molecule has 1 heterocycles. The molecular formula is C10H10IN3O. The van der Waals surface area contributed by atoms with Gasteiger partial charge in [0.15, 0.2) is 0 Å². The maximum Gasteiger partial charge on any atom is 0.125 e. The van der Waals surface area contributed by atoms with Gasteiger partial charge in [0.05, 0.1) is 13.2 Å². The molecule has 0 aliphatic carbocycles. The summed E-state index contributed by atoms with van der Waals surface area (Å²) < 4.78 is 2.67. The monoisotopic (exact) mass is 315 g/mol. The second-order valence-corrected chi connectivity index (χ2v) is 4.15. The number of aliphatic hydroxyl groups excluding tert-OH is 1. The first-order valence-electron chi connectivity index (χ1n) is 4.54. The molecule has 0 aliphatic rings. The maximum absolute atomic E-state index is 8.98. The Morgan fingerprint density at radius 1 is 1.27 bits per heavy atom. The number of halogens is 1. The Kier molecular flexibility index (Phi) is 3.32. The summed E-state index contributed by atoms with van der Waals surface area (Å²) in [5.74, 6) is 0. The van der Waals surface area contributed by atoms with Crippen molar-refractivity contribution in [3.63, 3.8) is 0 Å². The summed E-state index contributed by atoms with van der Waals surface area (Å²) >= 11 is 2.14. The van der Waals surface area contributed by atoms with Gasteiger partial charge in [0.25, 0.3) is 0 Å². The van der Waals surface area contributed by atoms with Gasteiger partial charge in [-0.25, -0.2) is 4.68 Å². The molecule has 5 heteroatoms. The Labute approximate surface area is 101 Å². The van der Waals surface area contributed by atoms with Crippen LogP contribution in [0.3, 0.4) is 0 Å². The molecule has 0 atom stereocenters. The van der Waals surface area contributed by atoms with Crippen LogP contribution in [0.4, 0.5) is 0 Å². The Balaban J connectivity index is 2.21. The van der Waals surface area contributed by atoms with E-state index in [2.05, 4.69) is 32.9 Å². The van der Waals surface area contributed by atoms with Gasteiger partial charge in [-0.3, -0.25) is 0 Å². The van der Waals surface area contributed by atoms with Gasteiger partial charge in [-0.2, -0.15) is 0 Å². The van der Waals surface area contributed by atoms with Crippen LogP contribution in [-0.4, -0.2) is 20.1 Å². The number of nitrogens with zero attached hydrogens (tertiary/aromatic N) is 3. The van der Waals surface area contributed by atoms with Crippen LogP contribution in [0.15, 0.2) is 30.3 Å². The molecule has 0 fully saturated rings. The highest BCUT2D eigenvalue weighted by molar-refractivity contribution is 14.1. The van der Waals surface area contributed by atoms with Crippen LogP contribution in [0.1, 0.15) is 11.3 Å². The van der Waals surface area contributed by atoms with Crippen molar-refractivity contribution in [2.24, 2.45) is 0 Å². The van der Waals surface area contributed by atoms with Crippen LogP contribution in [-0.2, 0) is 13.2 Å². The fourth-order valence-electron chi connectivity index (χ4n) is 1.29. The van der Waals surface area contributed by atoms with E-state index in [4.69, 9.17) is 5.11 Å². The molecule has 0 saturated carbocycles. The van der Waals surface area contributed by atoms with Crippen LogP contribution in [0.2, 0.25) is 0 Å². The summed E-state index contributed by atoms with van der Waals surface area (Å²) in [5, 5.41) is 16.8. The molecule has 0 aliphatic heterocycles. The van der Waals surface area contributed by atoms with E-state index in [-0.39, 0.29) is 6.61 Å². The summed E-state index contributed by atoms with van der Waals surface area (Å²) in [4.78, 5) is 0. The minimum Gasteiger partial charge on any atom is -0.390 e. The zero-order chi connectivity index (χ0) is 10.7. The predicted molar refractivity (Wildman–Crippen MR) is 64.2 cm³/mol. The second kappa shape index (κ2) is 4.71. The lowest BCUT2D eigenvalue weighted by atomic mass is 10.2. The van der Waals surface area contributed by atoms with Crippen molar-refractivity contribution >= 4 is 22.6 Å². The third-order valence-electron chi connectivity index (χ3n) is 2.06. The number of benzene rings is 1. The highest BCUT2D eigenvalue weighted by Crippen LogP contribution is 2.11. The molecule has 1 aromatic carbocycles. The average molecular weight is 315 g/mol. The van der Waals surface area contributed by atoms with E-state index < -0.39 is 0 Å². The fourth-order valence-corrected chi connectivity index (χ4v) is 1.84. The summed E-state index contributed by atoms with van der Waals surface area (Å²) in [6.45, 7) is 0.624. The van der Waals surface area contributed by atoms with Gasteiger partial charge in [0.2, 0.25) is 0 Å². The molecule has 0 spiro atoms. The number of aliphatic hydroxyl groups is 1. The van der Waals surface area contributed by atoms with E-state index in [1.54, 1.807) is 4.68 Å². The van der Waals surface area contributed by atoms with E-state index in [1.807, 2.05) is 30.3 Å². The number of hydrogen-bond donors (Lipinski definition) is 1. The summed E-state index contributed by atoms with van der Waals surface area (Å²) in [7, 11) is 0. The van der Waals surface area contributed by atoms with Gasteiger partial charge in [-0.15, -0.1) is 5.10 Å². The molecule has 1 aromatic heterocycles. The maximum atomic E-state index is 8.98. The van der Waals surface area contributed by atoms with Crippen LogP contribution < -0.4 is 0 Å². The first kappa shape index (κ1) is 10.6. The molecule has 78 valence electrons. The molecule has 4 nitrogen and oxygen atoms in total. The molecule has 1 N–H and O–H groups in total. The first-order chi connectivity index (χ1) is 7.31. The Morgan fingerprint density at radius 3 is 2.60 bits per heavy atom. The topological polar surface area (TPSA) is 50.9 Å². The lowest BCUT2D eigenvalue weighted by Crippen LogP contribution is -2.04. The van der Waals surface area contributed by atoms with Crippen molar-refractivity contribution in [2.75, 3.05) is 0 Å². The van der Waals surface area contributed by atoms with Crippen LogP contribution in [0.25, 0.3) is 0 Å². The van der Waals surface area contributed by atoms with Crippen LogP contribution in [0.5, 0.6) is 0 Å². The zero-order valence-corrected chi connectivity index (χ0v) is 10.1. The van der Waals surface area contributed by atoms with Crippen molar-refractivity contribution in [1.82, 2.24) is 15.0 Å². The van der Waals surface area contributed by atoms with Crippen LogP contribution in [0, 0.1) is 3.70 Å². The molecule has 0 saturated heterocycles. The summed E-state index contributed by atoms with van der Waals surface area (Å²) in [5.41, 5.74) is 1.80. The molecule has 0 radical (unpaired) electrons. The molecule has 0 amide bonds. The van der Waals surface area contributed by atoms with E-state index >= 15 is 0 Å². The third kappa shape index (κ3) is 2.35. The minimum atomic E-state index is -0.0624. The third-order valence-corrected chi connectivity index (χ3v) is 3.24. The van der Waals surface area contributed by atoms with Crippen LogP contribution >= 0.6 is 22.6 Å². The largest absolute Gasteiger partial charge is 0.390 e. The van der Waals surface area contributed by atoms with E-state index in [0.717, 1.165) is 3.70 Å². The van der Waals surface area contributed by atoms with E-state index in [1.165, 1.54) is 5.56 Å². The van der Waals surface area contributed by atoms with Crippen molar-refractivity contribution in [3.8, 4) is 0 Å². The SMILES string of the molecule is OCc1nnn(Cc2ccccc2)c1I. The van der Waals surface area contributed by atoms with Gasteiger partial charge in [0, 0.05) is 0 Å². The van der Waals surface area contributed by atoms with Crippen molar-refractivity contribution in [3.05, 3.63) is 45.3 Å². The van der Waals surface area contributed by atoms with Crippen molar-refractivity contribution < 1.29 is 5.11 Å². The second-order valence-electron chi connectivity index (χ2n) is 3.13. The number of hydrogen-bond acceptors (Lipinski definition) is 3. The highest BCUT2D eigenvalue weighted by atomic mass is 127. The zero-order valence-electron chi connectivity index (χ0n) is 7.97. The first-order valence-corrected chi connectivity index (χ1v) is 5.62. The van der Waals surface area contributed by atoms with Gasteiger partial charge in [-0.1, -0.05) is 35.5 Å². The molecular weight excluding hydrogens is 305 g/mol. The molecule has 0 unspecified atom stereocenters. The normalized spacial score (nSPS) is 10.5.